The van der Waals surface area contributed by atoms with Gasteiger partial charge < -0.3 is 61.8 Å². The highest BCUT2D eigenvalue weighted by atomic mass is 35.5. The normalized spacial score (nSPS) is 40.3. The smallest absolute Gasteiger partial charge is 0.458 e. The van der Waals surface area contributed by atoms with Crippen molar-refractivity contribution in [3.8, 4) is 6.07 Å². The number of hydrogen-bond donors (Lipinski definition) is 0. The van der Waals surface area contributed by atoms with E-state index in [1.54, 1.807) is 34.1 Å². The maximum atomic E-state index is 15.0. The third-order valence-corrected chi connectivity index (χ3v) is 15.2. The minimum absolute atomic E-state index is 0.0375. The molecule has 70 heavy (non-hydrogen) atoms. The van der Waals surface area contributed by atoms with Crippen molar-refractivity contribution in [1.29, 1.82) is 5.26 Å². The van der Waals surface area contributed by atoms with Crippen molar-refractivity contribution in [1.82, 2.24) is 4.90 Å². The Kier molecular flexibility index (Phi) is 20.0. The van der Waals surface area contributed by atoms with Crippen LogP contribution in [0.2, 0.25) is 5.02 Å². The van der Waals surface area contributed by atoms with Gasteiger partial charge in [0.2, 0.25) is 0 Å². The molecule has 19 heteroatoms. The SMILES string of the molecule is CC[C@H]1OC(=O)[C@H](C)[C@@H](O[C@H]2C[C@@](C)(OC)[C@@H](OCCC#N)[C@H](C)O2)[C@H](C)[C@@H](O[C@@H]2O[C@H](C)C[C@H](N(C)C)[C@H]2OC(C)=O)[C@](C)(OC)C[C@@H](C)/C(=N\OCc2ccccc2Cl)[C@H](C)[C@H]2OC(=O)O[C@@]21C. The summed E-state index contributed by atoms with van der Waals surface area (Å²) >= 11 is 6.53. The Hall–Kier alpha value is -3.64. The summed E-state index contributed by atoms with van der Waals surface area (Å²) in [7, 11) is 6.98. The number of rotatable bonds is 15. The largest absolute Gasteiger partial charge is 0.509 e. The fourth-order valence-electron chi connectivity index (χ4n) is 11.0. The van der Waals surface area contributed by atoms with Gasteiger partial charge in [-0.1, -0.05) is 62.7 Å². The van der Waals surface area contributed by atoms with E-state index in [1.165, 1.54) is 6.92 Å². The number of nitrogens with zero attached hydrogens (tertiary/aromatic N) is 3. The second kappa shape index (κ2) is 24.4. The molecule has 18 nitrogen and oxygen atoms in total. The molecule has 0 aliphatic carbocycles. The number of hydrogen-bond acceptors (Lipinski definition) is 18. The zero-order valence-electron chi connectivity index (χ0n) is 43.8. The molecule has 4 heterocycles. The van der Waals surface area contributed by atoms with E-state index in [0.717, 1.165) is 0 Å². The number of nitriles is 1. The number of esters is 2. The first-order valence-electron chi connectivity index (χ1n) is 24.5. The lowest BCUT2D eigenvalue weighted by Gasteiger charge is -2.50. The van der Waals surface area contributed by atoms with E-state index in [-0.39, 0.29) is 51.0 Å². The maximum Gasteiger partial charge on any atom is 0.509 e. The fourth-order valence-corrected chi connectivity index (χ4v) is 11.2. The predicted octanol–water partition coefficient (Wildman–Crippen LogP) is 7.79. The summed E-state index contributed by atoms with van der Waals surface area (Å²) in [4.78, 5) is 49.2. The summed E-state index contributed by atoms with van der Waals surface area (Å²) in [5, 5.41) is 14.5. The number of benzene rings is 1. The molecule has 0 aromatic heterocycles. The number of likely N-dealkylation sites (N-methyl/N-ethyl adjacent to an activating group) is 1. The van der Waals surface area contributed by atoms with Crippen LogP contribution in [0.15, 0.2) is 29.4 Å². The van der Waals surface area contributed by atoms with Gasteiger partial charge in [0.25, 0.3) is 0 Å². The van der Waals surface area contributed by atoms with Crippen LogP contribution in [0.25, 0.3) is 0 Å². The van der Waals surface area contributed by atoms with Crippen LogP contribution in [0.5, 0.6) is 0 Å². The van der Waals surface area contributed by atoms with Crippen LogP contribution in [-0.4, -0.2) is 148 Å². The van der Waals surface area contributed by atoms with Crippen LogP contribution in [0.3, 0.4) is 0 Å². The second-order valence-corrected chi connectivity index (χ2v) is 20.8. The van der Waals surface area contributed by atoms with Gasteiger partial charge in [-0.25, -0.2) is 4.79 Å². The summed E-state index contributed by atoms with van der Waals surface area (Å²) in [5.74, 6) is -4.07. The summed E-state index contributed by atoms with van der Waals surface area (Å²) in [5.41, 5.74) is -2.47. The van der Waals surface area contributed by atoms with Gasteiger partial charge in [0.1, 0.15) is 18.8 Å². The average Bonchev–Trinajstić information content (AvgIpc) is 3.62. The molecule has 4 aliphatic heterocycles. The number of fused-ring (bicyclic) bond motifs is 1. The third kappa shape index (κ3) is 12.9. The Morgan fingerprint density at radius 2 is 1.60 bits per heavy atom. The predicted molar refractivity (Wildman–Crippen MR) is 256 cm³/mol. The molecule has 18 atom stereocenters. The maximum absolute atomic E-state index is 15.0. The molecule has 0 spiro atoms. The summed E-state index contributed by atoms with van der Waals surface area (Å²) in [6.07, 6.45) is -7.93. The van der Waals surface area contributed by atoms with Crippen LogP contribution < -0.4 is 0 Å². The highest BCUT2D eigenvalue weighted by Gasteiger charge is 2.59. The first-order valence-corrected chi connectivity index (χ1v) is 24.9. The molecule has 0 amide bonds. The summed E-state index contributed by atoms with van der Waals surface area (Å²) in [6, 6.07) is 9.10. The first-order chi connectivity index (χ1) is 33.0. The van der Waals surface area contributed by atoms with Crippen LogP contribution >= 0.6 is 11.6 Å². The molecule has 0 radical (unpaired) electrons. The molecule has 0 bridgehead atoms. The fraction of sp³-hybridized carbons (Fsp3) is 0.784. The van der Waals surface area contributed by atoms with Gasteiger partial charge in [-0.05, 0) is 81.0 Å². The summed E-state index contributed by atoms with van der Waals surface area (Å²) in [6.45, 7) is 20.1. The van der Waals surface area contributed by atoms with E-state index >= 15 is 0 Å². The quantitative estimate of drug-likeness (QED) is 0.0712. The number of oxime groups is 1. The molecular weight excluding hydrogens is 930 g/mol. The van der Waals surface area contributed by atoms with Crippen molar-refractivity contribution in [3.05, 3.63) is 34.9 Å². The molecule has 4 fully saturated rings. The van der Waals surface area contributed by atoms with E-state index in [9.17, 15) is 19.6 Å². The van der Waals surface area contributed by atoms with Crippen LogP contribution in [0.1, 0.15) is 114 Å². The monoisotopic (exact) mass is 1010 g/mol. The van der Waals surface area contributed by atoms with Gasteiger partial charge in [-0.3, -0.25) is 9.59 Å². The number of halogens is 1. The van der Waals surface area contributed by atoms with E-state index in [2.05, 4.69) is 6.07 Å². The molecular formula is C51H78ClN3O15. The topological polar surface area (TPSA) is 201 Å². The molecule has 4 saturated heterocycles. The highest BCUT2D eigenvalue weighted by Crippen LogP contribution is 2.45. The van der Waals surface area contributed by atoms with Crippen LogP contribution in [0, 0.1) is 35.0 Å². The van der Waals surface area contributed by atoms with E-state index in [4.69, 9.17) is 73.7 Å². The van der Waals surface area contributed by atoms with E-state index in [0.29, 0.717) is 22.7 Å². The Bertz CT molecular complexity index is 2010. The van der Waals surface area contributed by atoms with E-state index < -0.39 is 114 Å². The van der Waals surface area contributed by atoms with Crippen molar-refractivity contribution in [2.24, 2.45) is 28.8 Å². The number of ether oxygens (including phenoxy) is 11. The number of carbonyl (C=O) groups excluding carboxylic acids is 3. The number of methoxy groups -OCH3 is 2. The molecule has 0 N–H and O–H groups in total. The molecule has 1 aromatic carbocycles. The zero-order chi connectivity index (χ0) is 51.9. The van der Waals surface area contributed by atoms with Gasteiger partial charge in [0.05, 0.1) is 72.4 Å². The Morgan fingerprint density at radius 1 is 0.929 bits per heavy atom. The molecule has 5 rings (SSSR count). The van der Waals surface area contributed by atoms with Gasteiger partial charge >= 0.3 is 18.1 Å². The lowest BCUT2D eigenvalue weighted by molar-refractivity contribution is -0.322. The zero-order valence-corrected chi connectivity index (χ0v) is 44.5. The highest BCUT2D eigenvalue weighted by molar-refractivity contribution is 6.31. The van der Waals surface area contributed by atoms with Crippen LogP contribution in [-0.2, 0) is 73.1 Å². The molecule has 0 unspecified atom stereocenters. The van der Waals surface area contributed by atoms with Crippen molar-refractivity contribution in [3.63, 3.8) is 0 Å². The number of cyclic esters (lactones) is 1. The van der Waals surface area contributed by atoms with Crippen LogP contribution in [0.4, 0.5) is 4.79 Å². The lowest BCUT2D eigenvalue weighted by atomic mass is 9.73. The Balaban J connectivity index is 1.69. The van der Waals surface area contributed by atoms with Gasteiger partial charge in [-0.2, -0.15) is 5.26 Å². The van der Waals surface area contributed by atoms with Gasteiger partial charge in [0.15, 0.2) is 30.4 Å². The Morgan fingerprint density at radius 3 is 2.21 bits per heavy atom. The Labute approximate surface area is 419 Å². The minimum Gasteiger partial charge on any atom is -0.458 e. The van der Waals surface area contributed by atoms with Crippen molar-refractivity contribution in [2.45, 2.75) is 199 Å². The van der Waals surface area contributed by atoms with Gasteiger partial charge in [0, 0.05) is 55.9 Å². The molecule has 0 saturated carbocycles. The van der Waals surface area contributed by atoms with Crippen molar-refractivity contribution in [2.75, 3.05) is 34.9 Å². The number of carbonyl (C=O) groups is 3. The third-order valence-electron chi connectivity index (χ3n) is 14.9. The molecule has 394 valence electrons. The average molecular weight is 1010 g/mol. The van der Waals surface area contributed by atoms with Crippen molar-refractivity contribution < 1.29 is 71.3 Å². The lowest BCUT2D eigenvalue weighted by Crippen LogP contribution is -2.62. The second-order valence-electron chi connectivity index (χ2n) is 20.4. The molecule has 1 aromatic rings. The van der Waals surface area contributed by atoms with E-state index in [1.807, 2.05) is 92.6 Å². The van der Waals surface area contributed by atoms with Gasteiger partial charge in [-0.15, -0.1) is 0 Å². The standard InChI is InChI=1S/C51H78ClN3O15/c1-16-38-51(11)44(69-48(58)70-51)30(4)40(54-62-27-35-20-17-18-21-36(35)52)28(2)25-49(9,59-14)43(68-47-42(65-34(8)56)37(55(12)13)24-29(3)63-47)31(5)41(32(6)46(57)66-38)67-39-26-50(10,60-15)45(33(7)64-39)61-23-19-22-53/h17-18,20-21,28-33,37-39,41-45,47H,16,19,23-27H2,1-15H3/b54-40+/t28-,29-,30+,31+,32-,33+,37+,38-,39+,41+,42-,43-,44-,45+,47+,49-,50-,51-/m1/s1. The first kappa shape index (κ1) is 57.3. The molecule has 4 aliphatic rings. The van der Waals surface area contributed by atoms with Crippen molar-refractivity contribution >= 4 is 35.4 Å². The summed E-state index contributed by atoms with van der Waals surface area (Å²) < 4.78 is 70.9. The minimum atomic E-state index is -1.47.